The van der Waals surface area contributed by atoms with Gasteiger partial charge in [-0.15, -0.1) is 10.2 Å². The highest BCUT2D eigenvalue weighted by Crippen LogP contribution is 2.61. The predicted octanol–water partition coefficient (Wildman–Crippen LogP) is 3.15. The van der Waals surface area contributed by atoms with E-state index in [2.05, 4.69) is 15.5 Å². The fourth-order valence-electron chi connectivity index (χ4n) is 6.55. The Balaban J connectivity index is 1.15. The molecule has 7 nitrogen and oxygen atoms in total. The van der Waals surface area contributed by atoms with Gasteiger partial charge in [0.15, 0.2) is 0 Å². The molecule has 0 atom stereocenters. The van der Waals surface area contributed by atoms with Crippen molar-refractivity contribution < 1.29 is 13.2 Å². The van der Waals surface area contributed by atoms with Crippen molar-refractivity contribution in [2.24, 2.45) is 17.8 Å². The average Bonchev–Trinajstić information content (AvgIpc) is 3.33. The van der Waals surface area contributed by atoms with Gasteiger partial charge in [-0.25, -0.2) is 12.7 Å². The summed E-state index contributed by atoms with van der Waals surface area (Å²) in [7, 11) is -3.22. The largest absolute Gasteiger partial charge is 0.301 e. The molecule has 1 N–H and O–H groups in total. The zero-order valence-electron chi connectivity index (χ0n) is 16.8. The minimum atomic E-state index is -3.22. The Labute approximate surface area is 176 Å². The molecule has 1 saturated heterocycles. The van der Waals surface area contributed by atoms with Crippen LogP contribution in [0, 0.1) is 17.8 Å². The molecule has 4 saturated carbocycles. The van der Waals surface area contributed by atoms with Gasteiger partial charge in [-0.05, 0) is 75.5 Å². The molecule has 9 heteroatoms. The molecule has 5 fully saturated rings. The maximum atomic E-state index is 12.3. The van der Waals surface area contributed by atoms with Crippen LogP contribution in [-0.2, 0) is 20.2 Å². The van der Waals surface area contributed by atoms with Crippen molar-refractivity contribution in [3.8, 4) is 0 Å². The third-order valence-electron chi connectivity index (χ3n) is 7.43. The number of nitrogens with one attached hydrogen (secondary N) is 1. The second-order valence-corrected chi connectivity index (χ2v) is 12.8. The van der Waals surface area contributed by atoms with Crippen molar-refractivity contribution in [1.82, 2.24) is 14.5 Å². The third kappa shape index (κ3) is 3.97. The quantitative estimate of drug-likeness (QED) is 0.706. The van der Waals surface area contributed by atoms with E-state index in [1.54, 1.807) is 4.31 Å². The minimum Gasteiger partial charge on any atom is -0.301 e. The van der Waals surface area contributed by atoms with Gasteiger partial charge in [-0.3, -0.25) is 4.79 Å². The Morgan fingerprint density at radius 1 is 1.07 bits per heavy atom. The van der Waals surface area contributed by atoms with E-state index >= 15 is 0 Å². The number of hydrogen-bond acceptors (Lipinski definition) is 6. The standard InChI is InChI=1S/C20H30N4O3S2/c25-17(4-3-7-29(26,27)24-5-1-2-6-24)21-19-23-22-18(28-19)20-11-14-8-15(12-20)10-16(9-14)13-20/h14-16H,1-13H2,(H,21,23,25). The van der Waals surface area contributed by atoms with E-state index in [-0.39, 0.29) is 23.5 Å². The Morgan fingerprint density at radius 2 is 1.69 bits per heavy atom. The second kappa shape index (κ2) is 7.57. The van der Waals surface area contributed by atoms with Gasteiger partial charge in [0.1, 0.15) is 5.01 Å². The lowest BCUT2D eigenvalue weighted by Crippen LogP contribution is -2.48. The van der Waals surface area contributed by atoms with Gasteiger partial charge in [0.2, 0.25) is 21.1 Å². The summed E-state index contributed by atoms with van der Waals surface area (Å²) in [6.45, 7) is 1.23. The maximum Gasteiger partial charge on any atom is 0.226 e. The molecule has 160 valence electrons. The molecule has 0 unspecified atom stereocenters. The molecule has 4 aliphatic carbocycles. The van der Waals surface area contributed by atoms with Gasteiger partial charge in [0, 0.05) is 24.9 Å². The number of aromatic nitrogens is 2. The summed E-state index contributed by atoms with van der Waals surface area (Å²) in [6.07, 6.45) is 10.3. The summed E-state index contributed by atoms with van der Waals surface area (Å²) < 4.78 is 26.1. The van der Waals surface area contributed by atoms with Gasteiger partial charge in [0.05, 0.1) is 5.75 Å². The van der Waals surface area contributed by atoms with E-state index in [1.807, 2.05) is 0 Å². The van der Waals surface area contributed by atoms with Crippen LogP contribution in [0.2, 0.25) is 0 Å². The highest BCUT2D eigenvalue weighted by atomic mass is 32.2. The molecule has 1 aromatic heterocycles. The maximum absolute atomic E-state index is 12.3. The van der Waals surface area contributed by atoms with E-state index in [1.165, 1.54) is 49.9 Å². The predicted molar refractivity (Wildman–Crippen MR) is 112 cm³/mol. The molecular formula is C20H30N4O3S2. The molecule has 2 heterocycles. The van der Waals surface area contributed by atoms with Crippen LogP contribution in [0.1, 0.15) is 69.2 Å². The zero-order chi connectivity index (χ0) is 20.1. The number of nitrogens with zero attached hydrogens (tertiary/aromatic N) is 3. The lowest BCUT2D eigenvalue weighted by molar-refractivity contribution is -0.116. The van der Waals surface area contributed by atoms with Crippen LogP contribution in [0.25, 0.3) is 0 Å². The number of hydrogen-bond donors (Lipinski definition) is 1. The Bertz CT molecular complexity index is 841. The normalized spacial score (nSPS) is 34.0. The molecule has 1 aromatic rings. The number of rotatable bonds is 7. The number of amides is 1. The van der Waals surface area contributed by atoms with Crippen LogP contribution < -0.4 is 5.32 Å². The highest BCUT2D eigenvalue weighted by Gasteiger charge is 2.53. The third-order valence-corrected chi connectivity index (χ3v) is 10.5. The van der Waals surface area contributed by atoms with Crippen molar-refractivity contribution in [2.75, 3.05) is 24.2 Å². The molecular weight excluding hydrogens is 408 g/mol. The minimum absolute atomic E-state index is 0.0368. The molecule has 0 radical (unpaired) electrons. The highest BCUT2D eigenvalue weighted by molar-refractivity contribution is 7.89. The van der Waals surface area contributed by atoms with Gasteiger partial charge in [-0.2, -0.15) is 0 Å². The summed E-state index contributed by atoms with van der Waals surface area (Å²) in [5, 5.41) is 13.2. The SMILES string of the molecule is O=C(CCCS(=O)(=O)N1CCCC1)Nc1nnc(C23CC4CC(CC(C4)C2)C3)s1. The first kappa shape index (κ1) is 19.9. The van der Waals surface area contributed by atoms with Gasteiger partial charge in [-0.1, -0.05) is 11.3 Å². The second-order valence-electron chi connectivity index (χ2n) is 9.68. The zero-order valence-corrected chi connectivity index (χ0v) is 18.4. The Morgan fingerprint density at radius 3 is 2.31 bits per heavy atom. The summed E-state index contributed by atoms with van der Waals surface area (Å²) in [5.74, 6) is 2.41. The molecule has 1 aliphatic heterocycles. The van der Waals surface area contributed by atoms with Crippen molar-refractivity contribution in [3.63, 3.8) is 0 Å². The summed E-state index contributed by atoms with van der Waals surface area (Å²) in [4.78, 5) is 12.3. The van der Waals surface area contributed by atoms with Gasteiger partial charge in [0.25, 0.3) is 0 Å². The van der Waals surface area contributed by atoms with Crippen LogP contribution in [0.3, 0.4) is 0 Å². The topological polar surface area (TPSA) is 92.3 Å². The van der Waals surface area contributed by atoms with Crippen molar-refractivity contribution in [1.29, 1.82) is 0 Å². The molecule has 29 heavy (non-hydrogen) atoms. The van der Waals surface area contributed by atoms with Crippen LogP contribution in [-0.4, -0.2) is 47.7 Å². The first-order chi connectivity index (χ1) is 13.9. The smallest absolute Gasteiger partial charge is 0.226 e. The lowest BCUT2D eigenvalue weighted by atomic mass is 9.50. The van der Waals surface area contributed by atoms with Crippen molar-refractivity contribution in [3.05, 3.63) is 5.01 Å². The fraction of sp³-hybridized carbons (Fsp3) is 0.850. The fourth-order valence-corrected chi connectivity index (χ4v) is 9.11. The number of sulfonamides is 1. The Kier molecular flexibility index (Phi) is 5.19. The first-order valence-electron chi connectivity index (χ1n) is 11.0. The van der Waals surface area contributed by atoms with Crippen LogP contribution in [0.15, 0.2) is 0 Å². The molecule has 4 bridgehead atoms. The molecule has 5 aliphatic rings. The van der Waals surface area contributed by atoms with Crippen LogP contribution in [0.4, 0.5) is 5.13 Å². The number of anilines is 1. The van der Waals surface area contributed by atoms with Crippen LogP contribution >= 0.6 is 11.3 Å². The summed E-state index contributed by atoms with van der Waals surface area (Å²) in [6, 6.07) is 0. The molecule has 0 aromatic carbocycles. The number of carbonyl (C=O) groups excluding carboxylic acids is 1. The summed E-state index contributed by atoms with van der Waals surface area (Å²) in [5.41, 5.74) is 0.194. The monoisotopic (exact) mass is 438 g/mol. The van der Waals surface area contributed by atoms with E-state index in [4.69, 9.17) is 0 Å². The van der Waals surface area contributed by atoms with E-state index in [0.717, 1.165) is 35.6 Å². The van der Waals surface area contributed by atoms with Crippen molar-refractivity contribution >= 4 is 32.4 Å². The molecule has 1 amide bonds. The van der Waals surface area contributed by atoms with E-state index in [0.29, 0.717) is 24.6 Å². The number of carbonyl (C=O) groups is 1. The van der Waals surface area contributed by atoms with Crippen LogP contribution in [0.5, 0.6) is 0 Å². The molecule has 6 rings (SSSR count). The molecule has 0 spiro atoms. The van der Waals surface area contributed by atoms with Gasteiger partial charge >= 0.3 is 0 Å². The average molecular weight is 439 g/mol. The Hall–Kier alpha value is -1.06. The first-order valence-corrected chi connectivity index (χ1v) is 13.5. The van der Waals surface area contributed by atoms with E-state index in [9.17, 15) is 13.2 Å². The summed E-state index contributed by atoms with van der Waals surface area (Å²) >= 11 is 1.53. The van der Waals surface area contributed by atoms with E-state index < -0.39 is 10.0 Å². The van der Waals surface area contributed by atoms with Gasteiger partial charge < -0.3 is 5.32 Å². The lowest BCUT2D eigenvalue weighted by Gasteiger charge is -2.55. The van der Waals surface area contributed by atoms with Crippen molar-refractivity contribution in [2.45, 2.75) is 69.6 Å².